The van der Waals surface area contributed by atoms with Crippen molar-refractivity contribution in [3.05, 3.63) is 34.9 Å². The number of nitrogens with zero attached hydrogens (tertiary/aromatic N) is 5. The second-order valence-electron chi connectivity index (χ2n) is 5.41. The van der Waals surface area contributed by atoms with Crippen LogP contribution in [0.2, 0.25) is 0 Å². The van der Waals surface area contributed by atoms with Crippen LogP contribution in [-0.4, -0.2) is 39.1 Å². The summed E-state index contributed by atoms with van der Waals surface area (Å²) in [4.78, 5) is 4.24. The fourth-order valence-electron chi connectivity index (χ4n) is 2.34. The van der Waals surface area contributed by atoms with Gasteiger partial charge in [-0.1, -0.05) is 0 Å². The number of hydrogen-bond donors (Lipinski definition) is 2. The number of aromatic nitrogens is 4. The lowest BCUT2D eigenvalue weighted by Gasteiger charge is -2.12. The van der Waals surface area contributed by atoms with E-state index >= 15 is 0 Å². The van der Waals surface area contributed by atoms with E-state index in [1.807, 2.05) is 42.7 Å². The van der Waals surface area contributed by atoms with Crippen molar-refractivity contribution in [3.8, 4) is 0 Å². The Morgan fingerprint density at radius 2 is 2.00 bits per heavy atom. The summed E-state index contributed by atoms with van der Waals surface area (Å²) in [5, 5.41) is 15.3. The van der Waals surface area contributed by atoms with Crippen molar-refractivity contribution in [2.24, 2.45) is 12.0 Å². The zero-order valence-corrected chi connectivity index (χ0v) is 16.8. The first kappa shape index (κ1) is 19.5. The van der Waals surface area contributed by atoms with Gasteiger partial charge in [0, 0.05) is 44.6 Å². The molecular formula is C15H26IN7. The molecule has 0 aliphatic carbocycles. The topological polar surface area (TPSA) is 72.1 Å². The van der Waals surface area contributed by atoms with Gasteiger partial charge in [-0.15, -0.1) is 24.0 Å². The summed E-state index contributed by atoms with van der Waals surface area (Å²) in [6, 6.07) is 0. The zero-order valence-electron chi connectivity index (χ0n) is 14.4. The average molecular weight is 431 g/mol. The second kappa shape index (κ2) is 8.90. The lowest BCUT2D eigenvalue weighted by atomic mass is 10.2. The molecule has 0 fully saturated rings. The molecule has 0 radical (unpaired) electrons. The number of aryl methyl sites for hydroxylation is 3. The molecule has 0 atom stereocenters. The van der Waals surface area contributed by atoms with E-state index < -0.39 is 0 Å². The van der Waals surface area contributed by atoms with Gasteiger partial charge in [-0.25, -0.2) is 0 Å². The molecule has 0 spiro atoms. The zero-order chi connectivity index (χ0) is 16.1. The molecule has 0 amide bonds. The molecule has 0 bridgehead atoms. The van der Waals surface area contributed by atoms with Gasteiger partial charge in [-0.3, -0.25) is 14.4 Å². The summed E-state index contributed by atoms with van der Waals surface area (Å²) in [5.41, 5.74) is 4.61. The number of rotatable bonds is 5. The number of halogens is 1. The maximum absolute atomic E-state index is 4.42. The third-order valence-electron chi connectivity index (χ3n) is 3.71. The van der Waals surface area contributed by atoms with Gasteiger partial charge in [0.2, 0.25) is 0 Å². The Balaban J connectivity index is 0.00000264. The monoisotopic (exact) mass is 431 g/mol. The van der Waals surface area contributed by atoms with Crippen molar-refractivity contribution in [1.29, 1.82) is 0 Å². The van der Waals surface area contributed by atoms with Crippen LogP contribution in [0.25, 0.3) is 0 Å². The highest BCUT2D eigenvalue weighted by Gasteiger charge is 2.09. The van der Waals surface area contributed by atoms with Crippen LogP contribution in [0.4, 0.5) is 0 Å². The number of aliphatic imine (C=N–C) groups is 1. The Morgan fingerprint density at radius 3 is 2.52 bits per heavy atom. The van der Waals surface area contributed by atoms with E-state index in [0.29, 0.717) is 6.54 Å². The molecule has 2 aromatic heterocycles. The fourth-order valence-corrected chi connectivity index (χ4v) is 2.34. The van der Waals surface area contributed by atoms with E-state index in [-0.39, 0.29) is 24.0 Å². The number of nitrogens with one attached hydrogen (secondary N) is 2. The molecule has 128 valence electrons. The maximum Gasteiger partial charge on any atom is 0.191 e. The summed E-state index contributed by atoms with van der Waals surface area (Å²) in [6.07, 6.45) is 3.89. The number of hydrogen-bond acceptors (Lipinski definition) is 3. The van der Waals surface area contributed by atoms with Crippen molar-refractivity contribution < 1.29 is 0 Å². The quantitative estimate of drug-likeness (QED) is 0.428. The molecule has 0 unspecified atom stereocenters. The Labute approximate surface area is 154 Å². The predicted molar refractivity (Wildman–Crippen MR) is 103 cm³/mol. The molecule has 2 aromatic rings. The molecule has 0 aromatic carbocycles. The third kappa shape index (κ3) is 5.22. The van der Waals surface area contributed by atoms with E-state index in [1.165, 1.54) is 16.8 Å². The van der Waals surface area contributed by atoms with Gasteiger partial charge in [0.25, 0.3) is 0 Å². The van der Waals surface area contributed by atoms with Gasteiger partial charge in [0.1, 0.15) is 0 Å². The molecule has 2 N–H and O–H groups in total. The van der Waals surface area contributed by atoms with Crippen LogP contribution in [0.15, 0.2) is 17.4 Å². The van der Waals surface area contributed by atoms with Gasteiger partial charge in [0.05, 0.1) is 18.4 Å². The lowest BCUT2D eigenvalue weighted by molar-refractivity contribution is 0.597. The van der Waals surface area contributed by atoms with Crippen LogP contribution in [0, 0.1) is 20.8 Å². The van der Waals surface area contributed by atoms with Gasteiger partial charge < -0.3 is 10.6 Å². The highest BCUT2D eigenvalue weighted by Crippen LogP contribution is 2.10. The smallest absolute Gasteiger partial charge is 0.191 e. The molecule has 7 nitrogen and oxygen atoms in total. The van der Waals surface area contributed by atoms with Crippen LogP contribution < -0.4 is 10.6 Å². The minimum absolute atomic E-state index is 0. The van der Waals surface area contributed by atoms with Crippen LogP contribution in [0.3, 0.4) is 0 Å². The molecule has 2 rings (SSSR count). The minimum atomic E-state index is 0. The van der Waals surface area contributed by atoms with Crippen molar-refractivity contribution in [1.82, 2.24) is 30.2 Å². The molecule has 2 heterocycles. The van der Waals surface area contributed by atoms with Crippen molar-refractivity contribution in [2.75, 3.05) is 13.6 Å². The molecule has 0 saturated heterocycles. The summed E-state index contributed by atoms with van der Waals surface area (Å²) >= 11 is 0. The lowest BCUT2D eigenvalue weighted by Crippen LogP contribution is -2.38. The minimum Gasteiger partial charge on any atom is -0.355 e. The highest BCUT2D eigenvalue weighted by molar-refractivity contribution is 14.0. The van der Waals surface area contributed by atoms with Gasteiger partial charge in [-0.05, 0) is 26.3 Å². The van der Waals surface area contributed by atoms with E-state index in [4.69, 9.17) is 0 Å². The largest absolute Gasteiger partial charge is 0.355 e. The first-order chi connectivity index (χ1) is 10.5. The van der Waals surface area contributed by atoms with E-state index in [1.54, 1.807) is 7.05 Å². The Kier molecular flexibility index (Phi) is 7.53. The van der Waals surface area contributed by atoms with Gasteiger partial charge in [-0.2, -0.15) is 10.2 Å². The van der Waals surface area contributed by atoms with Crippen LogP contribution in [0.1, 0.15) is 22.5 Å². The molecular weight excluding hydrogens is 405 g/mol. The molecule has 23 heavy (non-hydrogen) atoms. The summed E-state index contributed by atoms with van der Waals surface area (Å²) < 4.78 is 3.83. The Morgan fingerprint density at radius 1 is 1.26 bits per heavy atom. The van der Waals surface area contributed by atoms with E-state index in [2.05, 4.69) is 32.7 Å². The van der Waals surface area contributed by atoms with Crippen molar-refractivity contribution in [2.45, 2.75) is 33.9 Å². The molecule has 8 heteroatoms. The van der Waals surface area contributed by atoms with Crippen LogP contribution >= 0.6 is 24.0 Å². The Bertz CT molecular complexity index is 657. The van der Waals surface area contributed by atoms with Crippen molar-refractivity contribution >= 4 is 29.9 Å². The van der Waals surface area contributed by atoms with Crippen LogP contribution in [-0.2, 0) is 20.1 Å². The molecule has 0 aliphatic heterocycles. The van der Waals surface area contributed by atoms with E-state index in [0.717, 1.165) is 24.7 Å². The highest BCUT2D eigenvalue weighted by atomic mass is 127. The number of guanidine groups is 1. The molecule has 0 saturated carbocycles. The standard InChI is InChI=1S/C15H25N7.HI/c1-11-8-19-22(10-11)7-6-17-15(16-4)18-9-14-12(2)20-21(5)13(14)3;/h8,10H,6-7,9H2,1-5H3,(H2,16,17,18);1H. The third-order valence-corrected chi connectivity index (χ3v) is 3.71. The summed E-state index contributed by atoms with van der Waals surface area (Å²) in [5.74, 6) is 0.784. The van der Waals surface area contributed by atoms with Gasteiger partial charge in [0.15, 0.2) is 5.96 Å². The molecule has 0 aliphatic rings. The first-order valence-corrected chi connectivity index (χ1v) is 7.44. The second-order valence-corrected chi connectivity index (χ2v) is 5.41. The average Bonchev–Trinajstić information content (AvgIpc) is 2.99. The summed E-state index contributed by atoms with van der Waals surface area (Å²) in [6.45, 7) is 8.43. The predicted octanol–water partition coefficient (Wildman–Crippen LogP) is 1.53. The summed E-state index contributed by atoms with van der Waals surface area (Å²) in [7, 11) is 3.74. The van der Waals surface area contributed by atoms with Crippen molar-refractivity contribution in [3.63, 3.8) is 0 Å². The fraction of sp³-hybridized carbons (Fsp3) is 0.533. The first-order valence-electron chi connectivity index (χ1n) is 7.44. The Hall–Kier alpha value is -1.58. The SMILES string of the molecule is CN=C(NCCn1cc(C)cn1)NCc1c(C)nn(C)c1C.I. The van der Waals surface area contributed by atoms with Gasteiger partial charge >= 0.3 is 0 Å². The van der Waals surface area contributed by atoms with E-state index in [9.17, 15) is 0 Å². The van der Waals surface area contributed by atoms with Crippen LogP contribution in [0.5, 0.6) is 0 Å². The maximum atomic E-state index is 4.42. The normalized spacial score (nSPS) is 11.3.